The zero-order chi connectivity index (χ0) is 12.4. The van der Waals surface area contributed by atoms with Gasteiger partial charge in [-0.15, -0.1) is 11.6 Å². The van der Waals surface area contributed by atoms with E-state index in [1.807, 2.05) is 0 Å². The first-order valence-corrected chi connectivity index (χ1v) is 6.53. The molecular weight excluding hydrogens is 326 g/mol. The molecule has 4 heteroatoms. The van der Waals surface area contributed by atoms with E-state index in [-0.39, 0.29) is 5.82 Å². The van der Waals surface area contributed by atoms with Crippen molar-refractivity contribution in [3.05, 3.63) is 68.9 Å². The van der Waals surface area contributed by atoms with Crippen LogP contribution in [0.5, 0.6) is 0 Å². The van der Waals surface area contributed by atoms with Gasteiger partial charge in [-0.3, -0.25) is 0 Å². The highest BCUT2D eigenvalue weighted by molar-refractivity contribution is 9.10. The summed E-state index contributed by atoms with van der Waals surface area (Å²) in [7, 11) is 0. The van der Waals surface area contributed by atoms with Crippen LogP contribution in [-0.4, -0.2) is 0 Å². The van der Waals surface area contributed by atoms with Crippen LogP contribution in [0.4, 0.5) is 4.39 Å². The number of hydrogen-bond donors (Lipinski definition) is 0. The Bertz CT molecular complexity index is 525. The van der Waals surface area contributed by atoms with Crippen LogP contribution in [0.1, 0.15) is 16.5 Å². The summed E-state index contributed by atoms with van der Waals surface area (Å²) in [6, 6.07) is 11.8. The maximum absolute atomic E-state index is 13.7. The second kappa shape index (κ2) is 5.38. The molecule has 0 aliphatic carbocycles. The van der Waals surface area contributed by atoms with E-state index in [1.165, 1.54) is 6.07 Å². The Kier molecular flexibility index (Phi) is 4.08. The number of halogens is 4. The summed E-state index contributed by atoms with van der Waals surface area (Å²) in [6.45, 7) is 0. The Morgan fingerprint density at radius 3 is 2.35 bits per heavy atom. The van der Waals surface area contributed by atoms with E-state index in [0.29, 0.717) is 10.6 Å². The molecule has 88 valence electrons. The van der Waals surface area contributed by atoms with Gasteiger partial charge in [-0.05, 0) is 35.9 Å². The van der Waals surface area contributed by atoms with Gasteiger partial charge in [0.25, 0.3) is 0 Å². The lowest BCUT2D eigenvalue weighted by Gasteiger charge is -2.11. The lowest BCUT2D eigenvalue weighted by Crippen LogP contribution is -1.96. The highest BCUT2D eigenvalue weighted by Gasteiger charge is 2.15. The van der Waals surface area contributed by atoms with E-state index < -0.39 is 5.38 Å². The molecule has 2 rings (SSSR count). The van der Waals surface area contributed by atoms with Crippen LogP contribution in [0.2, 0.25) is 5.02 Å². The molecule has 0 N–H and O–H groups in total. The molecule has 2 aromatic carbocycles. The molecule has 0 saturated heterocycles. The second-order valence-electron chi connectivity index (χ2n) is 3.58. The number of rotatable bonds is 2. The first-order valence-electron chi connectivity index (χ1n) is 4.92. The third kappa shape index (κ3) is 3.01. The lowest BCUT2D eigenvalue weighted by molar-refractivity contribution is 0.612. The van der Waals surface area contributed by atoms with Crippen LogP contribution >= 0.6 is 39.1 Å². The van der Waals surface area contributed by atoms with Crippen LogP contribution in [0.15, 0.2) is 46.9 Å². The third-order valence-corrected chi connectivity index (χ3v) is 3.63. The monoisotopic (exact) mass is 332 g/mol. The second-order valence-corrected chi connectivity index (χ2v) is 5.37. The molecule has 0 aromatic heterocycles. The summed E-state index contributed by atoms with van der Waals surface area (Å²) in [4.78, 5) is 0. The summed E-state index contributed by atoms with van der Waals surface area (Å²) in [5, 5.41) is 0.108. The van der Waals surface area contributed by atoms with Crippen molar-refractivity contribution >= 4 is 39.1 Å². The normalized spacial score (nSPS) is 12.5. The van der Waals surface area contributed by atoms with E-state index in [4.69, 9.17) is 23.2 Å². The fourth-order valence-corrected chi connectivity index (χ4v) is 2.34. The van der Waals surface area contributed by atoms with Gasteiger partial charge < -0.3 is 0 Å². The topological polar surface area (TPSA) is 0 Å². The number of alkyl halides is 1. The van der Waals surface area contributed by atoms with Gasteiger partial charge in [0.05, 0.1) is 5.38 Å². The standard InChI is InChI=1S/C13H8BrCl2F/c14-9-3-6-12(17)11(7-9)13(16)8-1-4-10(15)5-2-8/h1-7,13H. The third-order valence-electron chi connectivity index (χ3n) is 2.39. The molecular formula is C13H8BrCl2F. The average molecular weight is 334 g/mol. The molecule has 0 radical (unpaired) electrons. The molecule has 0 aliphatic rings. The summed E-state index contributed by atoms with van der Waals surface area (Å²) >= 11 is 15.4. The predicted molar refractivity (Wildman–Crippen MR) is 73.2 cm³/mol. The Labute approximate surface area is 117 Å². The van der Waals surface area contributed by atoms with Gasteiger partial charge in [-0.25, -0.2) is 4.39 Å². The maximum atomic E-state index is 13.7. The van der Waals surface area contributed by atoms with Crippen molar-refractivity contribution in [2.75, 3.05) is 0 Å². The van der Waals surface area contributed by atoms with E-state index in [2.05, 4.69) is 15.9 Å². The van der Waals surface area contributed by atoms with Crippen LogP contribution in [0.3, 0.4) is 0 Å². The lowest BCUT2D eigenvalue weighted by atomic mass is 10.0. The first-order chi connectivity index (χ1) is 8.08. The summed E-state index contributed by atoms with van der Waals surface area (Å²) in [6.07, 6.45) is 0. The molecule has 0 nitrogen and oxygen atoms in total. The molecule has 1 atom stereocenters. The maximum Gasteiger partial charge on any atom is 0.128 e. The zero-order valence-electron chi connectivity index (χ0n) is 8.63. The minimum Gasteiger partial charge on any atom is -0.207 e. The Morgan fingerprint density at radius 1 is 1.06 bits per heavy atom. The molecule has 2 aromatic rings. The highest BCUT2D eigenvalue weighted by atomic mass is 79.9. The van der Waals surface area contributed by atoms with Gasteiger partial charge in [0, 0.05) is 15.1 Å². The molecule has 17 heavy (non-hydrogen) atoms. The van der Waals surface area contributed by atoms with Crippen molar-refractivity contribution < 1.29 is 4.39 Å². The van der Waals surface area contributed by atoms with Crippen molar-refractivity contribution in [1.29, 1.82) is 0 Å². The van der Waals surface area contributed by atoms with Crippen LogP contribution in [0, 0.1) is 5.82 Å². The van der Waals surface area contributed by atoms with E-state index >= 15 is 0 Å². The van der Waals surface area contributed by atoms with Gasteiger partial charge in [0.2, 0.25) is 0 Å². The van der Waals surface area contributed by atoms with Gasteiger partial charge in [-0.2, -0.15) is 0 Å². The molecule has 1 unspecified atom stereocenters. The zero-order valence-corrected chi connectivity index (χ0v) is 11.7. The van der Waals surface area contributed by atoms with Crippen molar-refractivity contribution in [3.63, 3.8) is 0 Å². The molecule has 0 fully saturated rings. The Morgan fingerprint density at radius 2 is 1.71 bits per heavy atom. The van der Waals surface area contributed by atoms with Crippen LogP contribution < -0.4 is 0 Å². The predicted octanol–water partition coefficient (Wildman–Crippen LogP) is 5.57. The number of benzene rings is 2. The molecule has 0 aliphatic heterocycles. The van der Waals surface area contributed by atoms with Gasteiger partial charge in [0.15, 0.2) is 0 Å². The fourth-order valence-electron chi connectivity index (χ4n) is 1.52. The summed E-state index contributed by atoms with van der Waals surface area (Å²) in [5.41, 5.74) is 1.26. The van der Waals surface area contributed by atoms with E-state index in [1.54, 1.807) is 36.4 Å². The smallest absolute Gasteiger partial charge is 0.128 e. The van der Waals surface area contributed by atoms with Gasteiger partial charge >= 0.3 is 0 Å². The Hall–Kier alpha value is -0.570. The Balaban J connectivity index is 2.39. The van der Waals surface area contributed by atoms with Crippen molar-refractivity contribution in [2.45, 2.75) is 5.38 Å². The van der Waals surface area contributed by atoms with Gasteiger partial charge in [0.1, 0.15) is 5.82 Å². The van der Waals surface area contributed by atoms with Crippen molar-refractivity contribution in [3.8, 4) is 0 Å². The minimum atomic E-state index is -0.523. The molecule has 0 saturated carbocycles. The fraction of sp³-hybridized carbons (Fsp3) is 0.0769. The summed E-state index contributed by atoms with van der Waals surface area (Å²) in [5.74, 6) is -0.317. The largest absolute Gasteiger partial charge is 0.207 e. The quantitative estimate of drug-likeness (QED) is 0.630. The molecule has 0 heterocycles. The molecule has 0 spiro atoms. The minimum absolute atomic E-state index is 0.317. The molecule has 0 bridgehead atoms. The van der Waals surface area contributed by atoms with Crippen molar-refractivity contribution in [1.82, 2.24) is 0 Å². The van der Waals surface area contributed by atoms with E-state index in [0.717, 1.165) is 10.0 Å². The highest BCUT2D eigenvalue weighted by Crippen LogP contribution is 2.32. The van der Waals surface area contributed by atoms with Crippen LogP contribution in [-0.2, 0) is 0 Å². The SMILES string of the molecule is Fc1ccc(Br)cc1C(Cl)c1ccc(Cl)cc1. The first kappa shape index (κ1) is 12.9. The molecule has 0 amide bonds. The summed E-state index contributed by atoms with van der Waals surface area (Å²) < 4.78 is 14.5. The van der Waals surface area contributed by atoms with Crippen LogP contribution in [0.25, 0.3) is 0 Å². The number of hydrogen-bond acceptors (Lipinski definition) is 0. The van der Waals surface area contributed by atoms with Crippen molar-refractivity contribution in [2.24, 2.45) is 0 Å². The average Bonchev–Trinajstić information content (AvgIpc) is 2.32. The van der Waals surface area contributed by atoms with Gasteiger partial charge in [-0.1, -0.05) is 39.7 Å². The van der Waals surface area contributed by atoms with E-state index in [9.17, 15) is 4.39 Å².